The number of fused-ring (bicyclic) bond motifs is 6. The third kappa shape index (κ3) is 3.14. The molecule has 0 atom stereocenters. The highest BCUT2D eigenvalue weighted by Crippen LogP contribution is 2.49. The number of thiophene rings is 1. The fourth-order valence-corrected chi connectivity index (χ4v) is 6.92. The van der Waals surface area contributed by atoms with E-state index in [-0.39, 0.29) is 5.41 Å². The van der Waals surface area contributed by atoms with Crippen molar-refractivity contribution in [3.63, 3.8) is 0 Å². The van der Waals surface area contributed by atoms with Crippen molar-refractivity contribution in [2.24, 2.45) is 0 Å². The van der Waals surface area contributed by atoms with Gasteiger partial charge in [0.2, 0.25) is 0 Å². The summed E-state index contributed by atoms with van der Waals surface area (Å²) < 4.78 is 2.68. The average Bonchev–Trinajstić information content (AvgIpc) is 3.40. The van der Waals surface area contributed by atoms with Crippen molar-refractivity contribution in [1.82, 2.24) is 0 Å². The Morgan fingerprint density at radius 1 is 0.556 bits per heavy atom. The normalized spacial score (nSPS) is 13.6. The van der Waals surface area contributed by atoms with E-state index in [4.69, 9.17) is 0 Å². The molecule has 0 saturated carbocycles. The molecule has 0 unspecified atom stereocenters. The van der Waals surface area contributed by atoms with Crippen LogP contribution in [-0.4, -0.2) is 7.05 Å². The molecule has 0 aliphatic heterocycles. The third-order valence-corrected chi connectivity index (χ3v) is 9.07. The van der Waals surface area contributed by atoms with Crippen LogP contribution in [0.15, 0.2) is 109 Å². The van der Waals surface area contributed by atoms with Crippen molar-refractivity contribution >= 4 is 42.9 Å². The van der Waals surface area contributed by atoms with Crippen molar-refractivity contribution in [3.8, 4) is 22.3 Å². The molecule has 1 heterocycles. The summed E-state index contributed by atoms with van der Waals surface area (Å²) in [5.74, 6) is 0. The maximum atomic E-state index is 2.39. The van der Waals surface area contributed by atoms with Gasteiger partial charge in [-0.05, 0) is 75.8 Å². The van der Waals surface area contributed by atoms with Crippen LogP contribution in [0.4, 0.5) is 11.4 Å². The summed E-state index contributed by atoms with van der Waals surface area (Å²) in [6.07, 6.45) is 0. The van der Waals surface area contributed by atoms with Crippen molar-refractivity contribution in [1.29, 1.82) is 0 Å². The van der Waals surface area contributed by atoms with Crippen LogP contribution < -0.4 is 4.90 Å². The van der Waals surface area contributed by atoms with Crippen molar-refractivity contribution in [2.75, 3.05) is 11.9 Å². The molecule has 7 rings (SSSR count). The highest BCUT2D eigenvalue weighted by atomic mass is 32.1. The van der Waals surface area contributed by atoms with Gasteiger partial charge < -0.3 is 4.90 Å². The molecule has 0 fully saturated rings. The lowest BCUT2D eigenvalue weighted by Gasteiger charge is -2.22. The molecule has 6 aromatic rings. The summed E-state index contributed by atoms with van der Waals surface area (Å²) in [6.45, 7) is 4.68. The summed E-state index contributed by atoms with van der Waals surface area (Å²) in [5, 5.41) is 2.67. The Morgan fingerprint density at radius 2 is 1.22 bits per heavy atom. The van der Waals surface area contributed by atoms with Gasteiger partial charge in [0.25, 0.3) is 0 Å². The molecule has 174 valence electrons. The van der Waals surface area contributed by atoms with Gasteiger partial charge in [-0.15, -0.1) is 11.3 Å². The van der Waals surface area contributed by atoms with E-state index in [1.165, 1.54) is 64.9 Å². The lowest BCUT2D eigenvalue weighted by Crippen LogP contribution is -2.14. The minimum Gasteiger partial charge on any atom is -0.345 e. The number of benzene rings is 5. The Hall–Kier alpha value is -3.88. The van der Waals surface area contributed by atoms with E-state index in [9.17, 15) is 0 Å². The first-order chi connectivity index (χ1) is 17.5. The topological polar surface area (TPSA) is 3.24 Å². The lowest BCUT2D eigenvalue weighted by atomic mass is 9.81. The van der Waals surface area contributed by atoms with Gasteiger partial charge in [-0.2, -0.15) is 0 Å². The van der Waals surface area contributed by atoms with Crippen LogP contribution in [-0.2, 0) is 5.41 Å². The van der Waals surface area contributed by atoms with E-state index < -0.39 is 0 Å². The Morgan fingerprint density at radius 3 is 2.08 bits per heavy atom. The highest BCUT2D eigenvalue weighted by molar-refractivity contribution is 7.25. The van der Waals surface area contributed by atoms with Crippen molar-refractivity contribution in [3.05, 3.63) is 120 Å². The standard InChI is InChI=1S/C34H27NS/c1-34(2)30-10-6-4-8-26(30)27-18-14-23(20-31(27)34)22-12-15-24(16-13-22)35(3)25-17-19-33-29(21-25)28-9-5-7-11-32(28)36-33/h4-21H,1-3H3. The molecule has 5 aromatic carbocycles. The maximum absolute atomic E-state index is 2.39. The summed E-state index contributed by atoms with van der Waals surface area (Å²) in [5.41, 5.74) is 10.5. The summed E-state index contributed by atoms with van der Waals surface area (Å²) in [4.78, 5) is 2.28. The third-order valence-electron chi connectivity index (χ3n) is 7.92. The molecule has 1 aliphatic rings. The van der Waals surface area contributed by atoms with E-state index in [0.29, 0.717) is 0 Å². The Bertz CT molecular complexity index is 1770. The van der Waals surface area contributed by atoms with Crippen LogP contribution in [0.2, 0.25) is 0 Å². The summed E-state index contributed by atoms with van der Waals surface area (Å²) >= 11 is 1.86. The number of rotatable bonds is 3. The number of nitrogens with zero attached hydrogens (tertiary/aromatic N) is 1. The first-order valence-electron chi connectivity index (χ1n) is 12.5. The molecule has 36 heavy (non-hydrogen) atoms. The quantitative estimate of drug-likeness (QED) is 0.243. The van der Waals surface area contributed by atoms with E-state index >= 15 is 0 Å². The Kier molecular flexibility index (Phi) is 4.64. The van der Waals surface area contributed by atoms with Gasteiger partial charge in [0, 0.05) is 44.0 Å². The molecule has 2 heteroatoms. The van der Waals surface area contributed by atoms with Gasteiger partial charge in [-0.3, -0.25) is 0 Å². The van der Waals surface area contributed by atoms with Crippen LogP contribution in [0.3, 0.4) is 0 Å². The fourth-order valence-electron chi connectivity index (χ4n) is 5.83. The lowest BCUT2D eigenvalue weighted by molar-refractivity contribution is 0.660. The second-order valence-electron chi connectivity index (χ2n) is 10.3. The Labute approximate surface area is 216 Å². The molecular weight excluding hydrogens is 454 g/mol. The first kappa shape index (κ1) is 21.4. The minimum absolute atomic E-state index is 0.0204. The molecular formula is C34H27NS. The average molecular weight is 482 g/mol. The number of anilines is 2. The SMILES string of the molecule is CN(c1ccc(-c2ccc3c(c2)C(C)(C)c2ccccc2-3)cc1)c1ccc2sc3ccccc3c2c1. The largest absolute Gasteiger partial charge is 0.345 e. The number of hydrogen-bond donors (Lipinski definition) is 0. The van der Waals surface area contributed by atoms with E-state index in [1.807, 2.05) is 11.3 Å². The van der Waals surface area contributed by atoms with Crippen molar-refractivity contribution in [2.45, 2.75) is 19.3 Å². The zero-order valence-electron chi connectivity index (χ0n) is 20.7. The predicted octanol–water partition coefficient (Wildman–Crippen LogP) is 9.80. The van der Waals surface area contributed by atoms with E-state index in [1.54, 1.807) is 0 Å². The highest BCUT2D eigenvalue weighted by Gasteiger charge is 2.35. The molecule has 0 N–H and O–H groups in total. The zero-order chi connectivity index (χ0) is 24.4. The summed E-state index contributed by atoms with van der Waals surface area (Å²) in [6, 6.07) is 40.2. The zero-order valence-corrected chi connectivity index (χ0v) is 21.6. The van der Waals surface area contributed by atoms with Gasteiger partial charge in [0.1, 0.15) is 0 Å². The molecule has 1 aromatic heterocycles. The molecule has 1 nitrogen and oxygen atoms in total. The first-order valence-corrected chi connectivity index (χ1v) is 13.3. The molecule has 0 spiro atoms. The van der Waals surface area contributed by atoms with Gasteiger partial charge in [-0.25, -0.2) is 0 Å². The van der Waals surface area contributed by atoms with Crippen LogP contribution in [0.25, 0.3) is 42.4 Å². The maximum Gasteiger partial charge on any atom is 0.0415 e. The van der Waals surface area contributed by atoms with Crippen LogP contribution in [0.1, 0.15) is 25.0 Å². The monoisotopic (exact) mass is 481 g/mol. The van der Waals surface area contributed by atoms with Crippen LogP contribution >= 0.6 is 11.3 Å². The van der Waals surface area contributed by atoms with E-state index in [2.05, 4.69) is 135 Å². The van der Waals surface area contributed by atoms with Crippen LogP contribution in [0.5, 0.6) is 0 Å². The van der Waals surface area contributed by atoms with Gasteiger partial charge in [0.15, 0.2) is 0 Å². The minimum atomic E-state index is 0.0204. The molecule has 0 amide bonds. The van der Waals surface area contributed by atoms with Crippen molar-refractivity contribution < 1.29 is 0 Å². The van der Waals surface area contributed by atoms with Crippen LogP contribution in [0, 0.1) is 0 Å². The summed E-state index contributed by atoms with van der Waals surface area (Å²) in [7, 11) is 2.15. The number of hydrogen-bond acceptors (Lipinski definition) is 2. The predicted molar refractivity (Wildman–Crippen MR) is 157 cm³/mol. The fraction of sp³-hybridized carbons (Fsp3) is 0.118. The second kappa shape index (κ2) is 7.81. The van der Waals surface area contributed by atoms with Gasteiger partial charge in [0.05, 0.1) is 0 Å². The Balaban J connectivity index is 1.22. The molecule has 1 aliphatic carbocycles. The smallest absolute Gasteiger partial charge is 0.0415 e. The molecule has 0 saturated heterocycles. The van der Waals surface area contributed by atoms with Gasteiger partial charge >= 0.3 is 0 Å². The molecule has 0 radical (unpaired) electrons. The van der Waals surface area contributed by atoms with Gasteiger partial charge in [-0.1, -0.05) is 80.6 Å². The second-order valence-corrected chi connectivity index (χ2v) is 11.4. The van der Waals surface area contributed by atoms with E-state index in [0.717, 1.165) is 0 Å². The molecule has 0 bridgehead atoms.